The minimum atomic E-state index is -1.83. The number of nitrogens with one attached hydrogen (secondary N) is 2. The number of carbonyl (C=O) groups excluding carboxylic acids is 1. The highest BCUT2D eigenvalue weighted by Gasteiger charge is 2.42. The summed E-state index contributed by atoms with van der Waals surface area (Å²) in [5.41, 5.74) is 7.39. The van der Waals surface area contributed by atoms with Crippen LogP contribution in [0.4, 0.5) is 10.5 Å². The maximum Gasteiger partial charge on any atom is 0.361 e. The summed E-state index contributed by atoms with van der Waals surface area (Å²) >= 11 is -1.83. The first-order valence-corrected chi connectivity index (χ1v) is 12.3. The molecular formula is C23H25N3O4S. The molecule has 2 amide bonds. The normalized spacial score (nSPS) is 25.3. The van der Waals surface area contributed by atoms with Gasteiger partial charge < -0.3 is 19.5 Å². The second kappa shape index (κ2) is 7.31. The van der Waals surface area contributed by atoms with Crippen molar-refractivity contribution in [3.63, 3.8) is 0 Å². The van der Waals surface area contributed by atoms with Gasteiger partial charge in [-0.05, 0) is 80.0 Å². The number of rotatable bonds is 3. The number of fused-ring (bicyclic) bond motifs is 6. The van der Waals surface area contributed by atoms with E-state index >= 15 is 0 Å². The van der Waals surface area contributed by atoms with Crippen molar-refractivity contribution in [1.29, 1.82) is 0 Å². The van der Waals surface area contributed by atoms with Gasteiger partial charge in [0.05, 0.1) is 5.71 Å². The maximum atomic E-state index is 12.9. The molecule has 162 valence electrons. The Morgan fingerprint density at radius 1 is 1.10 bits per heavy atom. The summed E-state index contributed by atoms with van der Waals surface area (Å²) in [6, 6.07) is 3.48. The number of hydrogen-bond donors (Lipinski definition) is 3. The van der Waals surface area contributed by atoms with Gasteiger partial charge in [0.1, 0.15) is 17.1 Å². The summed E-state index contributed by atoms with van der Waals surface area (Å²) < 4.78 is 21.3. The Labute approximate surface area is 183 Å². The smallest absolute Gasteiger partial charge is 0.361 e. The molecule has 0 saturated heterocycles. The molecule has 1 fully saturated rings. The van der Waals surface area contributed by atoms with E-state index in [0.29, 0.717) is 5.71 Å². The summed E-state index contributed by atoms with van der Waals surface area (Å²) in [5.74, 6) is 1.21. The number of carbonyl (C=O) groups is 1. The molecule has 1 aromatic heterocycles. The summed E-state index contributed by atoms with van der Waals surface area (Å²) in [7, 11) is 0. The largest absolute Gasteiger partial charge is 0.585 e. The zero-order valence-corrected chi connectivity index (χ0v) is 18.0. The standard InChI is InChI=1S/C23H25N3O4S/c27-23(24-21-16-5-1-3-12(16)9-13-4-2-6-17(13)21)26-31(29)19-11-18-20(25-28)14-7-8-15(10-14)22(18)30-19/h9,11,14-15,28H,1-8,10H2,(H2,24,26,27)/b25-20-. The number of nitrogens with zero attached hydrogens (tertiary/aromatic N) is 1. The SMILES string of the molecule is O=C(Nc1c2c(cc3c1CCC3)CCC2)N[S+]([O-])c1cc2c(o1)C1CCC(C1)/C2=N/O. The van der Waals surface area contributed by atoms with E-state index < -0.39 is 17.4 Å². The lowest BCUT2D eigenvalue weighted by atomic mass is 9.86. The van der Waals surface area contributed by atoms with E-state index in [1.807, 2.05) is 0 Å². The molecule has 3 atom stereocenters. The fourth-order valence-corrected chi connectivity index (χ4v) is 6.75. The lowest BCUT2D eigenvalue weighted by Crippen LogP contribution is -2.34. The molecule has 1 saturated carbocycles. The Morgan fingerprint density at radius 3 is 2.52 bits per heavy atom. The number of furan rings is 1. The van der Waals surface area contributed by atoms with E-state index in [4.69, 9.17) is 4.42 Å². The Morgan fingerprint density at radius 2 is 1.81 bits per heavy atom. The van der Waals surface area contributed by atoms with Gasteiger partial charge in [-0.3, -0.25) is 0 Å². The summed E-state index contributed by atoms with van der Waals surface area (Å²) in [6.07, 6.45) is 9.09. The molecule has 1 heterocycles. The van der Waals surface area contributed by atoms with Gasteiger partial charge in [0.2, 0.25) is 0 Å². The van der Waals surface area contributed by atoms with Crippen molar-refractivity contribution in [3.8, 4) is 0 Å². The van der Waals surface area contributed by atoms with Crippen LogP contribution in [-0.2, 0) is 37.0 Å². The van der Waals surface area contributed by atoms with Gasteiger partial charge in [-0.25, -0.2) is 4.79 Å². The third-order valence-electron chi connectivity index (χ3n) is 7.39. The number of benzene rings is 1. The predicted octanol–water partition coefficient (Wildman–Crippen LogP) is 4.18. The van der Waals surface area contributed by atoms with Crippen molar-refractivity contribution in [2.75, 3.05) is 5.32 Å². The monoisotopic (exact) mass is 439 g/mol. The number of anilines is 1. The van der Waals surface area contributed by atoms with E-state index in [1.165, 1.54) is 22.3 Å². The third kappa shape index (κ3) is 3.07. The highest BCUT2D eigenvalue weighted by Crippen LogP contribution is 2.47. The Bertz CT molecular complexity index is 1080. The van der Waals surface area contributed by atoms with E-state index in [0.717, 1.165) is 74.8 Å². The van der Waals surface area contributed by atoms with Gasteiger partial charge >= 0.3 is 11.1 Å². The van der Waals surface area contributed by atoms with Crippen LogP contribution in [0.25, 0.3) is 0 Å². The lowest BCUT2D eigenvalue weighted by Gasteiger charge is -2.18. The second-order valence-electron chi connectivity index (χ2n) is 9.09. The molecule has 8 heteroatoms. The molecule has 0 spiro atoms. The molecule has 6 rings (SSSR count). The van der Waals surface area contributed by atoms with Crippen LogP contribution in [0.15, 0.2) is 26.8 Å². The van der Waals surface area contributed by atoms with Crippen LogP contribution in [-0.4, -0.2) is 21.5 Å². The average Bonchev–Trinajstić information content (AvgIpc) is 3.54. The third-order valence-corrected chi connectivity index (χ3v) is 8.33. The average molecular weight is 440 g/mol. The minimum absolute atomic E-state index is 0.192. The Balaban J connectivity index is 1.22. The molecular weight excluding hydrogens is 414 g/mol. The fourth-order valence-electron chi connectivity index (χ4n) is 6.04. The molecule has 0 aliphatic heterocycles. The van der Waals surface area contributed by atoms with Crippen LogP contribution >= 0.6 is 0 Å². The first-order valence-electron chi connectivity index (χ1n) is 11.1. The molecule has 31 heavy (non-hydrogen) atoms. The molecule has 2 bridgehead atoms. The van der Waals surface area contributed by atoms with Crippen LogP contribution in [0.3, 0.4) is 0 Å². The lowest BCUT2D eigenvalue weighted by molar-refractivity contribution is 0.256. The van der Waals surface area contributed by atoms with Gasteiger partial charge in [0, 0.05) is 29.2 Å². The number of aryl methyl sites for hydroxylation is 2. The van der Waals surface area contributed by atoms with Crippen molar-refractivity contribution >= 4 is 28.8 Å². The van der Waals surface area contributed by atoms with Crippen LogP contribution in [0.1, 0.15) is 71.6 Å². The molecule has 4 aliphatic rings. The molecule has 3 unspecified atom stereocenters. The molecule has 1 aromatic carbocycles. The number of urea groups is 1. The van der Waals surface area contributed by atoms with E-state index in [2.05, 4.69) is 21.3 Å². The van der Waals surface area contributed by atoms with Crippen LogP contribution < -0.4 is 10.0 Å². The molecule has 3 N–H and O–H groups in total. The van der Waals surface area contributed by atoms with Crippen molar-refractivity contribution in [2.24, 2.45) is 11.1 Å². The molecule has 7 nitrogen and oxygen atoms in total. The predicted molar refractivity (Wildman–Crippen MR) is 116 cm³/mol. The number of amides is 2. The van der Waals surface area contributed by atoms with Gasteiger partial charge in [0.15, 0.2) is 0 Å². The van der Waals surface area contributed by atoms with Crippen molar-refractivity contribution in [3.05, 3.63) is 45.7 Å². The van der Waals surface area contributed by atoms with Crippen molar-refractivity contribution < 1.29 is 19.0 Å². The van der Waals surface area contributed by atoms with Gasteiger partial charge in [-0.1, -0.05) is 11.2 Å². The van der Waals surface area contributed by atoms with Crippen molar-refractivity contribution in [2.45, 2.75) is 68.8 Å². The molecule has 2 aromatic rings. The van der Waals surface area contributed by atoms with Gasteiger partial charge in [-0.2, -0.15) is 0 Å². The highest BCUT2D eigenvalue weighted by atomic mass is 32.2. The van der Waals surface area contributed by atoms with E-state index in [-0.39, 0.29) is 16.9 Å². The summed E-state index contributed by atoms with van der Waals surface area (Å²) in [6.45, 7) is 0. The molecule has 0 radical (unpaired) electrons. The quantitative estimate of drug-likeness (QED) is 0.379. The highest BCUT2D eigenvalue weighted by molar-refractivity contribution is 7.89. The summed E-state index contributed by atoms with van der Waals surface area (Å²) in [5, 5.41) is 16.1. The van der Waals surface area contributed by atoms with Crippen LogP contribution in [0, 0.1) is 5.92 Å². The minimum Gasteiger partial charge on any atom is -0.585 e. The maximum absolute atomic E-state index is 12.9. The Hall–Kier alpha value is -2.45. The van der Waals surface area contributed by atoms with E-state index in [1.54, 1.807) is 6.07 Å². The summed E-state index contributed by atoms with van der Waals surface area (Å²) in [4.78, 5) is 12.8. The number of hydrogen-bond acceptors (Lipinski definition) is 5. The fraction of sp³-hybridized carbons (Fsp3) is 0.478. The zero-order valence-electron chi connectivity index (χ0n) is 17.2. The Kier molecular flexibility index (Phi) is 4.54. The zero-order chi connectivity index (χ0) is 21.1. The first-order chi connectivity index (χ1) is 15.1. The topological polar surface area (TPSA) is 110 Å². The van der Waals surface area contributed by atoms with Gasteiger partial charge in [0.25, 0.3) is 0 Å². The van der Waals surface area contributed by atoms with E-state index in [9.17, 15) is 14.6 Å². The van der Waals surface area contributed by atoms with Crippen LogP contribution in [0.5, 0.6) is 0 Å². The van der Waals surface area contributed by atoms with Crippen LogP contribution in [0.2, 0.25) is 0 Å². The van der Waals surface area contributed by atoms with Gasteiger partial charge in [-0.15, -0.1) is 4.72 Å². The number of oxime groups is 1. The molecule has 4 aliphatic carbocycles. The van der Waals surface area contributed by atoms with Crippen molar-refractivity contribution in [1.82, 2.24) is 4.72 Å². The first kappa shape index (κ1) is 19.3. The second-order valence-corrected chi connectivity index (χ2v) is 10.2.